The van der Waals surface area contributed by atoms with E-state index in [9.17, 15) is 4.39 Å². The highest BCUT2D eigenvalue weighted by Gasteiger charge is 2.46. The Morgan fingerprint density at radius 2 is 1.97 bits per heavy atom. The van der Waals surface area contributed by atoms with Crippen molar-refractivity contribution in [2.24, 2.45) is 16.1 Å². The summed E-state index contributed by atoms with van der Waals surface area (Å²) in [6, 6.07) is 12.3. The molecule has 35 heavy (non-hydrogen) atoms. The molecule has 0 amide bonds. The van der Waals surface area contributed by atoms with Crippen molar-refractivity contribution in [3.63, 3.8) is 0 Å². The third-order valence-corrected chi connectivity index (χ3v) is 8.88. The van der Waals surface area contributed by atoms with E-state index in [1.807, 2.05) is 18.3 Å². The number of aromatic nitrogens is 1. The van der Waals surface area contributed by atoms with Crippen LogP contribution >= 0.6 is 11.9 Å². The Morgan fingerprint density at radius 3 is 2.69 bits per heavy atom. The first kappa shape index (κ1) is 24.0. The second-order valence-corrected chi connectivity index (χ2v) is 11.2. The summed E-state index contributed by atoms with van der Waals surface area (Å²) >= 11 is 2.05. The van der Waals surface area contributed by atoms with Gasteiger partial charge in [-0.15, -0.1) is 0 Å². The fraction of sp³-hybridized carbons (Fsp3) is 0.379. The molecule has 0 bridgehead atoms. The van der Waals surface area contributed by atoms with E-state index in [0.29, 0.717) is 5.25 Å². The van der Waals surface area contributed by atoms with E-state index in [1.54, 1.807) is 18.3 Å². The first-order valence-electron chi connectivity index (χ1n) is 12.6. The van der Waals surface area contributed by atoms with Gasteiger partial charge in [-0.2, -0.15) is 0 Å². The topological polar surface area (TPSA) is 54.5 Å². The summed E-state index contributed by atoms with van der Waals surface area (Å²) in [5.74, 6) is -0.265. The van der Waals surface area contributed by atoms with Crippen LogP contribution in [-0.2, 0) is 0 Å². The summed E-state index contributed by atoms with van der Waals surface area (Å²) < 4.78 is 16.0. The van der Waals surface area contributed by atoms with Gasteiger partial charge >= 0.3 is 0 Å². The Bertz CT molecular complexity index is 1150. The van der Waals surface area contributed by atoms with Crippen molar-refractivity contribution in [3.8, 4) is 0 Å². The van der Waals surface area contributed by atoms with E-state index in [2.05, 4.69) is 40.0 Å². The monoisotopic (exact) mass is 488 g/mol. The van der Waals surface area contributed by atoms with Crippen molar-refractivity contribution in [3.05, 3.63) is 90.2 Å². The fourth-order valence-corrected chi connectivity index (χ4v) is 7.03. The first-order valence-corrected chi connectivity index (χ1v) is 13.4. The molecule has 1 unspecified atom stereocenters. The van der Waals surface area contributed by atoms with Crippen LogP contribution < -0.4 is 5.73 Å². The Labute approximate surface area is 212 Å². The van der Waals surface area contributed by atoms with Gasteiger partial charge in [-0.1, -0.05) is 49.4 Å². The highest BCUT2D eigenvalue weighted by Crippen LogP contribution is 2.53. The van der Waals surface area contributed by atoms with Crippen molar-refractivity contribution < 1.29 is 4.39 Å². The molecule has 2 aromatic rings. The van der Waals surface area contributed by atoms with Crippen molar-refractivity contribution >= 4 is 28.9 Å². The molecule has 2 N–H and O–H groups in total. The van der Waals surface area contributed by atoms with Crippen LogP contribution in [0, 0.1) is 11.2 Å². The Kier molecular flexibility index (Phi) is 7.21. The van der Waals surface area contributed by atoms with Crippen molar-refractivity contribution in [1.82, 2.24) is 9.29 Å². The number of pyridine rings is 1. The van der Waals surface area contributed by atoms with E-state index >= 15 is 0 Å². The lowest BCUT2D eigenvalue weighted by Crippen LogP contribution is -2.46. The molecule has 1 aromatic heterocycles. The molecular weight excluding hydrogens is 455 g/mol. The molecule has 6 heteroatoms. The van der Waals surface area contributed by atoms with Gasteiger partial charge in [0.15, 0.2) is 0 Å². The number of fused-ring (bicyclic) bond motifs is 1. The molecule has 0 radical (unpaired) electrons. The third kappa shape index (κ3) is 5.14. The number of aliphatic imine (C=N–C) groups is 1. The van der Waals surface area contributed by atoms with Gasteiger partial charge in [0.1, 0.15) is 5.82 Å². The van der Waals surface area contributed by atoms with Crippen LogP contribution in [-0.4, -0.2) is 33.3 Å². The maximum atomic E-state index is 13.4. The number of allylic oxidation sites excluding steroid dienone is 2. The minimum Gasteiger partial charge on any atom is -0.404 e. The maximum Gasteiger partial charge on any atom is 0.123 e. The number of nitrogens with zero attached hydrogens (tertiary/aromatic N) is 3. The quantitative estimate of drug-likeness (QED) is 0.468. The van der Waals surface area contributed by atoms with E-state index in [-0.39, 0.29) is 11.2 Å². The number of nitrogens with two attached hydrogens (primary N) is 1. The maximum absolute atomic E-state index is 13.4. The van der Waals surface area contributed by atoms with Crippen molar-refractivity contribution in [1.29, 1.82) is 0 Å². The first-order chi connectivity index (χ1) is 17.1. The third-order valence-electron chi connectivity index (χ3n) is 7.50. The average molecular weight is 489 g/mol. The lowest BCUT2D eigenvalue weighted by Gasteiger charge is -2.48. The molecular formula is C29H33FN4S. The standard InChI is InChI=1S/C29H33FN4S/c1-21(27-9-5-6-15-32-27)29-18-22(19-31)28(33-25-12-10-24(30)11-13-25)17-23(29)14-16-34(20-29)35-26-7-3-2-4-8-26/h5-6,9-13,15,17,19,26H,1-4,7-8,14,16,18,20,31H2. The molecule has 1 saturated heterocycles. The summed E-state index contributed by atoms with van der Waals surface area (Å²) in [5, 5.41) is 0.707. The summed E-state index contributed by atoms with van der Waals surface area (Å²) in [7, 11) is 0. The summed E-state index contributed by atoms with van der Waals surface area (Å²) in [5.41, 5.74) is 11.8. The fourth-order valence-electron chi connectivity index (χ4n) is 5.58. The average Bonchev–Trinajstić information content (AvgIpc) is 2.90. The zero-order valence-electron chi connectivity index (χ0n) is 20.1. The van der Waals surface area contributed by atoms with Crippen LogP contribution in [0.3, 0.4) is 0 Å². The Morgan fingerprint density at radius 1 is 1.17 bits per heavy atom. The van der Waals surface area contributed by atoms with Crippen molar-refractivity contribution in [2.45, 2.75) is 50.2 Å². The van der Waals surface area contributed by atoms with E-state index < -0.39 is 0 Å². The lowest BCUT2D eigenvalue weighted by molar-refractivity contribution is 0.285. The largest absolute Gasteiger partial charge is 0.404 e. The second-order valence-electron chi connectivity index (χ2n) is 9.77. The number of benzene rings is 1. The minimum absolute atomic E-state index is 0.265. The predicted octanol–water partition coefficient (Wildman–Crippen LogP) is 6.85. The molecule has 1 aromatic carbocycles. The number of hydrogen-bond acceptors (Lipinski definition) is 5. The zero-order valence-corrected chi connectivity index (χ0v) is 20.9. The second kappa shape index (κ2) is 10.5. The Hall–Kier alpha value is -2.70. The normalized spacial score (nSPS) is 25.9. The predicted molar refractivity (Wildman–Crippen MR) is 145 cm³/mol. The molecule has 2 fully saturated rings. The van der Waals surface area contributed by atoms with Gasteiger partial charge in [0.25, 0.3) is 0 Å². The molecule has 2 aliphatic carbocycles. The summed E-state index contributed by atoms with van der Waals surface area (Å²) in [4.78, 5) is 9.50. The van der Waals surface area contributed by atoms with Crippen LogP contribution in [0.1, 0.15) is 50.6 Å². The minimum atomic E-state index is -0.276. The smallest absolute Gasteiger partial charge is 0.123 e. The number of rotatable bonds is 5. The molecule has 182 valence electrons. The van der Waals surface area contributed by atoms with Crippen LogP contribution in [0.5, 0.6) is 0 Å². The van der Waals surface area contributed by atoms with Crippen LogP contribution in [0.15, 0.2) is 83.7 Å². The molecule has 3 aliphatic rings. The number of piperidine rings is 1. The van der Waals surface area contributed by atoms with Gasteiger partial charge in [-0.3, -0.25) is 4.98 Å². The van der Waals surface area contributed by atoms with Gasteiger partial charge in [0, 0.05) is 30.0 Å². The van der Waals surface area contributed by atoms with E-state index in [4.69, 9.17) is 10.7 Å². The van der Waals surface area contributed by atoms with Crippen molar-refractivity contribution in [2.75, 3.05) is 13.1 Å². The van der Waals surface area contributed by atoms with E-state index in [1.165, 1.54) is 49.8 Å². The van der Waals surface area contributed by atoms with Gasteiger partial charge in [0.05, 0.1) is 17.1 Å². The molecule has 1 aliphatic heterocycles. The molecule has 1 atom stereocenters. The Balaban J connectivity index is 1.52. The summed E-state index contributed by atoms with van der Waals surface area (Å²) in [6.07, 6.45) is 14.0. The van der Waals surface area contributed by atoms with Crippen LogP contribution in [0.2, 0.25) is 0 Å². The van der Waals surface area contributed by atoms with Gasteiger partial charge in [0.2, 0.25) is 0 Å². The SMILES string of the molecule is C=C(c1ccccn1)C12CC(=CN)C(=Nc3ccc(F)cc3)C=C1CCN(SC1CCCCC1)C2. The number of halogens is 1. The van der Waals surface area contributed by atoms with Crippen LogP contribution in [0.25, 0.3) is 5.57 Å². The highest BCUT2D eigenvalue weighted by molar-refractivity contribution is 7.97. The van der Waals surface area contributed by atoms with Gasteiger partial charge < -0.3 is 5.73 Å². The molecule has 5 rings (SSSR count). The van der Waals surface area contributed by atoms with Gasteiger partial charge in [-0.25, -0.2) is 13.7 Å². The molecule has 0 spiro atoms. The van der Waals surface area contributed by atoms with E-state index in [0.717, 1.165) is 54.2 Å². The van der Waals surface area contributed by atoms with Gasteiger partial charge in [-0.05, 0) is 85.5 Å². The molecule has 1 saturated carbocycles. The zero-order chi connectivity index (χ0) is 24.3. The summed E-state index contributed by atoms with van der Waals surface area (Å²) in [6.45, 7) is 6.50. The van der Waals surface area contributed by atoms with Crippen LogP contribution in [0.4, 0.5) is 10.1 Å². The number of hydrogen-bond donors (Lipinski definition) is 1. The molecule has 2 heterocycles. The lowest BCUT2D eigenvalue weighted by atomic mass is 9.63. The highest BCUT2D eigenvalue weighted by atomic mass is 32.2. The molecule has 4 nitrogen and oxygen atoms in total.